The first-order valence-electron chi connectivity index (χ1n) is 6.26. The van der Waals surface area contributed by atoms with Crippen molar-refractivity contribution in [3.05, 3.63) is 35.4 Å². The molecule has 2 aliphatic heterocycles. The van der Waals surface area contributed by atoms with E-state index in [1.165, 1.54) is 6.07 Å². The molecule has 108 valence electrons. The summed E-state index contributed by atoms with van der Waals surface area (Å²) in [5, 5.41) is 9.22. The molecule has 1 aromatic rings. The molecule has 3 fully saturated rings. The van der Waals surface area contributed by atoms with Crippen molar-refractivity contribution in [2.24, 2.45) is 5.41 Å². The van der Waals surface area contributed by atoms with E-state index in [1.807, 2.05) is 0 Å². The Hall–Kier alpha value is -1.56. The standard InChI is InChI=1S/C14H13F3O3/c15-14(16,17)10-3-1-2-9(4-10)12-5-13(6-12,11(18)19)8-20-7-12/h1-4H,5-8H2,(H,18,19). The number of halogens is 3. The molecule has 1 aliphatic carbocycles. The van der Waals surface area contributed by atoms with E-state index < -0.39 is 28.5 Å². The van der Waals surface area contributed by atoms with Gasteiger partial charge in [-0.1, -0.05) is 18.2 Å². The number of aliphatic carboxylic acids is 1. The van der Waals surface area contributed by atoms with Gasteiger partial charge in [-0.25, -0.2) is 0 Å². The summed E-state index contributed by atoms with van der Waals surface area (Å²) >= 11 is 0. The van der Waals surface area contributed by atoms with E-state index in [1.54, 1.807) is 6.07 Å². The van der Waals surface area contributed by atoms with E-state index in [2.05, 4.69) is 0 Å². The lowest BCUT2D eigenvalue weighted by Gasteiger charge is -2.58. The molecule has 1 aromatic carbocycles. The van der Waals surface area contributed by atoms with E-state index >= 15 is 0 Å². The second kappa shape index (κ2) is 3.97. The fraction of sp³-hybridized carbons (Fsp3) is 0.500. The van der Waals surface area contributed by atoms with E-state index in [9.17, 15) is 23.1 Å². The molecular formula is C14H13F3O3. The number of carboxylic acid groups (broad SMARTS) is 1. The van der Waals surface area contributed by atoms with Crippen LogP contribution in [0.1, 0.15) is 24.0 Å². The number of carbonyl (C=O) groups is 1. The number of hydrogen-bond donors (Lipinski definition) is 1. The Kier molecular flexibility index (Phi) is 2.67. The first kappa shape index (κ1) is 13.4. The lowest BCUT2D eigenvalue weighted by atomic mass is 9.49. The summed E-state index contributed by atoms with van der Waals surface area (Å²) in [5.41, 5.74) is -1.70. The van der Waals surface area contributed by atoms with Crippen LogP contribution in [0.15, 0.2) is 24.3 Å². The Bertz CT molecular complexity index is 559. The van der Waals surface area contributed by atoms with E-state index in [4.69, 9.17) is 4.74 Å². The van der Waals surface area contributed by atoms with E-state index in [-0.39, 0.29) is 13.2 Å². The molecule has 0 amide bonds. The number of alkyl halides is 3. The van der Waals surface area contributed by atoms with Crippen molar-refractivity contribution in [3.63, 3.8) is 0 Å². The van der Waals surface area contributed by atoms with Crippen LogP contribution in [-0.2, 0) is 21.1 Å². The second-order valence-electron chi connectivity index (χ2n) is 5.79. The molecule has 0 spiro atoms. The molecule has 2 bridgehead atoms. The number of fused-ring (bicyclic) bond motifs is 2. The third-order valence-corrected chi connectivity index (χ3v) is 4.37. The maximum atomic E-state index is 12.8. The normalized spacial score (nSPS) is 32.5. The zero-order chi connectivity index (χ0) is 14.6. The van der Waals surface area contributed by atoms with Crippen LogP contribution in [0.2, 0.25) is 0 Å². The fourth-order valence-electron chi connectivity index (χ4n) is 3.42. The third kappa shape index (κ3) is 1.82. The zero-order valence-electron chi connectivity index (χ0n) is 10.5. The summed E-state index contributed by atoms with van der Waals surface area (Å²) in [7, 11) is 0. The van der Waals surface area contributed by atoms with Crippen LogP contribution in [0.5, 0.6) is 0 Å². The summed E-state index contributed by atoms with van der Waals surface area (Å²) in [5.74, 6) is -0.931. The highest BCUT2D eigenvalue weighted by Gasteiger charge is 2.63. The first-order valence-corrected chi connectivity index (χ1v) is 6.26. The molecule has 2 saturated heterocycles. The topological polar surface area (TPSA) is 46.5 Å². The maximum absolute atomic E-state index is 12.8. The molecule has 0 atom stereocenters. The number of carboxylic acids is 1. The van der Waals surface area contributed by atoms with Gasteiger partial charge < -0.3 is 9.84 Å². The van der Waals surface area contributed by atoms with Gasteiger partial charge in [0.25, 0.3) is 0 Å². The van der Waals surface area contributed by atoms with Crippen LogP contribution in [0.25, 0.3) is 0 Å². The molecule has 1 N–H and O–H groups in total. The Morgan fingerprint density at radius 2 is 1.95 bits per heavy atom. The number of hydrogen-bond acceptors (Lipinski definition) is 2. The molecule has 20 heavy (non-hydrogen) atoms. The summed E-state index contributed by atoms with van der Waals surface area (Å²) in [6, 6.07) is 5.12. The van der Waals surface area contributed by atoms with Crippen molar-refractivity contribution in [1.29, 1.82) is 0 Å². The summed E-state index contributed by atoms with van der Waals surface area (Å²) in [6.45, 7) is 0.423. The molecule has 0 radical (unpaired) electrons. The van der Waals surface area contributed by atoms with E-state index in [0.29, 0.717) is 18.4 Å². The number of benzene rings is 1. The van der Waals surface area contributed by atoms with Gasteiger partial charge in [-0.05, 0) is 24.5 Å². The Balaban J connectivity index is 1.93. The van der Waals surface area contributed by atoms with Crippen molar-refractivity contribution >= 4 is 5.97 Å². The molecule has 1 saturated carbocycles. The van der Waals surface area contributed by atoms with Crippen LogP contribution in [-0.4, -0.2) is 24.3 Å². The largest absolute Gasteiger partial charge is 0.481 e. The van der Waals surface area contributed by atoms with Gasteiger partial charge in [0.1, 0.15) is 0 Å². The highest BCUT2D eigenvalue weighted by molar-refractivity contribution is 5.77. The minimum absolute atomic E-state index is 0.142. The molecule has 3 nitrogen and oxygen atoms in total. The molecule has 0 aromatic heterocycles. The third-order valence-electron chi connectivity index (χ3n) is 4.37. The maximum Gasteiger partial charge on any atom is 0.416 e. The monoisotopic (exact) mass is 286 g/mol. The first-order chi connectivity index (χ1) is 9.28. The van der Waals surface area contributed by atoms with Gasteiger partial charge in [0.2, 0.25) is 0 Å². The molecule has 6 heteroatoms. The Labute approximate surface area is 113 Å². The van der Waals surface area contributed by atoms with Crippen molar-refractivity contribution in [2.75, 3.05) is 13.2 Å². The lowest BCUT2D eigenvalue weighted by molar-refractivity contribution is -0.192. The highest BCUT2D eigenvalue weighted by atomic mass is 19.4. The molecule has 0 unspecified atom stereocenters. The average Bonchev–Trinajstić information content (AvgIpc) is 2.37. The predicted molar refractivity (Wildman–Crippen MR) is 63.2 cm³/mol. The van der Waals surface area contributed by atoms with Gasteiger partial charge in [0, 0.05) is 5.41 Å². The SMILES string of the molecule is O=C(O)C12COCC(c3cccc(C(F)(F)F)c3)(C1)C2. The molecule has 3 aliphatic rings. The van der Waals surface area contributed by atoms with Gasteiger partial charge in [-0.2, -0.15) is 13.2 Å². The van der Waals surface area contributed by atoms with Crippen LogP contribution in [0, 0.1) is 5.41 Å². The molecule has 2 heterocycles. The van der Waals surface area contributed by atoms with Gasteiger partial charge in [-0.3, -0.25) is 4.79 Å². The van der Waals surface area contributed by atoms with Crippen LogP contribution in [0.4, 0.5) is 13.2 Å². The highest BCUT2D eigenvalue weighted by Crippen LogP contribution is 2.59. The van der Waals surface area contributed by atoms with Crippen molar-refractivity contribution in [3.8, 4) is 0 Å². The summed E-state index contributed by atoms with van der Waals surface area (Å²) in [4.78, 5) is 11.3. The summed E-state index contributed by atoms with van der Waals surface area (Å²) < 4.78 is 43.6. The van der Waals surface area contributed by atoms with E-state index in [0.717, 1.165) is 12.1 Å². The van der Waals surface area contributed by atoms with Crippen molar-refractivity contribution in [2.45, 2.75) is 24.4 Å². The predicted octanol–water partition coefficient (Wildman–Crippen LogP) is 2.84. The summed E-state index contributed by atoms with van der Waals surface area (Å²) in [6.07, 6.45) is -3.71. The van der Waals surface area contributed by atoms with Crippen molar-refractivity contribution in [1.82, 2.24) is 0 Å². The lowest BCUT2D eigenvalue weighted by Crippen LogP contribution is -2.62. The fourth-order valence-corrected chi connectivity index (χ4v) is 3.42. The van der Waals surface area contributed by atoms with Gasteiger partial charge in [-0.15, -0.1) is 0 Å². The smallest absolute Gasteiger partial charge is 0.416 e. The minimum atomic E-state index is -4.39. The van der Waals surface area contributed by atoms with Gasteiger partial charge >= 0.3 is 12.1 Å². The van der Waals surface area contributed by atoms with Gasteiger partial charge in [0.15, 0.2) is 0 Å². The Morgan fingerprint density at radius 3 is 2.55 bits per heavy atom. The molecular weight excluding hydrogens is 273 g/mol. The molecule has 4 rings (SSSR count). The van der Waals surface area contributed by atoms with Crippen LogP contribution >= 0.6 is 0 Å². The van der Waals surface area contributed by atoms with Crippen LogP contribution < -0.4 is 0 Å². The quantitative estimate of drug-likeness (QED) is 0.909. The van der Waals surface area contributed by atoms with Crippen LogP contribution in [0.3, 0.4) is 0 Å². The Morgan fingerprint density at radius 1 is 1.25 bits per heavy atom. The number of rotatable bonds is 2. The van der Waals surface area contributed by atoms with Gasteiger partial charge in [0.05, 0.1) is 24.2 Å². The zero-order valence-corrected chi connectivity index (χ0v) is 10.5. The second-order valence-corrected chi connectivity index (χ2v) is 5.79. The minimum Gasteiger partial charge on any atom is -0.481 e. The van der Waals surface area contributed by atoms with Crippen molar-refractivity contribution < 1.29 is 27.8 Å². The number of ether oxygens (including phenoxy) is 1. The average molecular weight is 286 g/mol.